The van der Waals surface area contributed by atoms with Gasteiger partial charge in [-0.2, -0.15) is 13.2 Å². The molecule has 116 valence electrons. The highest BCUT2D eigenvalue weighted by molar-refractivity contribution is 5.74. The van der Waals surface area contributed by atoms with Crippen LogP contribution in [0.2, 0.25) is 0 Å². The van der Waals surface area contributed by atoms with E-state index in [2.05, 4.69) is 15.3 Å². The lowest BCUT2D eigenvalue weighted by Gasteiger charge is -2.29. The molecule has 0 aliphatic carbocycles. The minimum Gasteiger partial charge on any atom is -0.480 e. The van der Waals surface area contributed by atoms with Gasteiger partial charge in [-0.15, -0.1) is 0 Å². The van der Waals surface area contributed by atoms with E-state index in [0.29, 0.717) is 11.4 Å². The van der Waals surface area contributed by atoms with Crippen molar-refractivity contribution >= 4 is 5.97 Å². The molecule has 3 N–H and O–H groups in total. The van der Waals surface area contributed by atoms with Crippen molar-refractivity contribution in [2.75, 3.05) is 0 Å². The van der Waals surface area contributed by atoms with Gasteiger partial charge in [0.15, 0.2) is 0 Å². The quantitative estimate of drug-likeness (QED) is 0.794. The zero-order chi connectivity index (χ0) is 15.9. The number of halogens is 3. The number of aromatic amines is 1. The second-order valence-electron chi connectivity index (χ2n) is 5.05. The Morgan fingerprint density at radius 1 is 1.32 bits per heavy atom. The van der Waals surface area contributed by atoms with Crippen LogP contribution in [-0.4, -0.2) is 27.1 Å². The van der Waals surface area contributed by atoms with Crippen LogP contribution >= 0.6 is 0 Å². The van der Waals surface area contributed by atoms with Crippen LogP contribution in [0, 0.1) is 0 Å². The number of aliphatic carboxylic acids is 1. The largest absolute Gasteiger partial charge is 0.480 e. The SMILES string of the molecule is O=C(O)[C@H]1Cc2[nH]cnc2[C@H](c2ccccc2C(F)(F)F)N1. The summed E-state index contributed by atoms with van der Waals surface area (Å²) in [5, 5.41) is 11.9. The van der Waals surface area contributed by atoms with E-state index in [1.165, 1.54) is 24.5 Å². The third-order valence-corrected chi connectivity index (χ3v) is 3.68. The molecule has 0 bridgehead atoms. The summed E-state index contributed by atoms with van der Waals surface area (Å²) in [6.07, 6.45) is -3.01. The predicted octanol–water partition coefficient (Wildman–Crippen LogP) is 2.12. The van der Waals surface area contributed by atoms with Crippen LogP contribution in [0.25, 0.3) is 0 Å². The Morgan fingerprint density at radius 3 is 2.73 bits per heavy atom. The number of nitrogens with zero attached hydrogens (tertiary/aromatic N) is 1. The first-order valence-corrected chi connectivity index (χ1v) is 6.55. The Bertz CT molecular complexity index is 711. The second-order valence-corrected chi connectivity index (χ2v) is 5.05. The van der Waals surface area contributed by atoms with Gasteiger partial charge < -0.3 is 10.1 Å². The fourth-order valence-corrected chi connectivity index (χ4v) is 2.69. The van der Waals surface area contributed by atoms with Crippen LogP contribution in [0.15, 0.2) is 30.6 Å². The number of H-pyrrole nitrogens is 1. The second kappa shape index (κ2) is 5.13. The zero-order valence-corrected chi connectivity index (χ0v) is 11.2. The topological polar surface area (TPSA) is 78.0 Å². The summed E-state index contributed by atoms with van der Waals surface area (Å²) >= 11 is 0. The Morgan fingerprint density at radius 2 is 2.05 bits per heavy atom. The first kappa shape index (κ1) is 14.6. The number of hydrogen-bond acceptors (Lipinski definition) is 3. The minimum absolute atomic E-state index is 0.0331. The molecule has 1 aromatic heterocycles. The predicted molar refractivity (Wildman–Crippen MR) is 70.1 cm³/mol. The monoisotopic (exact) mass is 311 g/mol. The number of benzene rings is 1. The molecule has 2 heterocycles. The van der Waals surface area contributed by atoms with Crippen LogP contribution in [0.1, 0.15) is 28.6 Å². The molecule has 0 radical (unpaired) electrons. The summed E-state index contributed by atoms with van der Waals surface area (Å²) < 4.78 is 39.6. The van der Waals surface area contributed by atoms with Gasteiger partial charge in [-0.3, -0.25) is 10.1 Å². The molecule has 0 saturated heterocycles. The number of nitrogens with one attached hydrogen (secondary N) is 2. The van der Waals surface area contributed by atoms with Gasteiger partial charge in [0.25, 0.3) is 0 Å². The molecule has 1 aliphatic heterocycles. The van der Waals surface area contributed by atoms with E-state index in [0.717, 1.165) is 6.07 Å². The molecule has 0 amide bonds. The van der Waals surface area contributed by atoms with Gasteiger partial charge in [-0.1, -0.05) is 18.2 Å². The van der Waals surface area contributed by atoms with Crippen molar-refractivity contribution in [1.29, 1.82) is 0 Å². The van der Waals surface area contributed by atoms with Crippen molar-refractivity contribution in [2.45, 2.75) is 24.7 Å². The lowest BCUT2D eigenvalue weighted by Crippen LogP contribution is -2.45. The van der Waals surface area contributed by atoms with Crippen molar-refractivity contribution in [3.8, 4) is 0 Å². The van der Waals surface area contributed by atoms with E-state index < -0.39 is 29.8 Å². The van der Waals surface area contributed by atoms with Crippen LogP contribution < -0.4 is 5.32 Å². The average molecular weight is 311 g/mol. The first-order chi connectivity index (χ1) is 10.4. The molecule has 0 fully saturated rings. The van der Waals surface area contributed by atoms with E-state index >= 15 is 0 Å². The van der Waals surface area contributed by atoms with Gasteiger partial charge in [0.2, 0.25) is 0 Å². The maximum absolute atomic E-state index is 13.2. The van der Waals surface area contributed by atoms with Crippen molar-refractivity contribution in [1.82, 2.24) is 15.3 Å². The van der Waals surface area contributed by atoms with Crippen LogP contribution in [-0.2, 0) is 17.4 Å². The molecule has 0 spiro atoms. The van der Waals surface area contributed by atoms with E-state index in [-0.39, 0.29) is 12.0 Å². The van der Waals surface area contributed by atoms with Crippen molar-refractivity contribution in [3.63, 3.8) is 0 Å². The third-order valence-electron chi connectivity index (χ3n) is 3.68. The van der Waals surface area contributed by atoms with E-state index in [1.807, 2.05) is 0 Å². The van der Waals surface area contributed by atoms with Gasteiger partial charge in [0.1, 0.15) is 6.04 Å². The highest BCUT2D eigenvalue weighted by Gasteiger charge is 2.39. The smallest absolute Gasteiger partial charge is 0.416 e. The molecule has 0 unspecified atom stereocenters. The number of hydrogen-bond donors (Lipinski definition) is 3. The maximum Gasteiger partial charge on any atom is 0.416 e. The number of carboxylic acid groups (broad SMARTS) is 1. The maximum atomic E-state index is 13.2. The molecule has 2 aromatic rings. The number of rotatable bonds is 2. The number of fused-ring (bicyclic) bond motifs is 1. The van der Waals surface area contributed by atoms with Gasteiger partial charge in [0.05, 0.1) is 23.6 Å². The van der Waals surface area contributed by atoms with Gasteiger partial charge >= 0.3 is 12.1 Å². The Kier molecular flexibility index (Phi) is 3.40. The normalized spacial score (nSPS) is 21.4. The van der Waals surface area contributed by atoms with Crippen LogP contribution in [0.4, 0.5) is 13.2 Å². The lowest BCUT2D eigenvalue weighted by molar-refractivity contribution is -0.139. The van der Waals surface area contributed by atoms with Crippen molar-refractivity contribution in [2.24, 2.45) is 0 Å². The Labute approximate surface area is 123 Å². The third kappa shape index (κ3) is 2.45. The molecule has 5 nitrogen and oxygen atoms in total. The van der Waals surface area contributed by atoms with Gasteiger partial charge in [0, 0.05) is 12.1 Å². The molecule has 8 heteroatoms. The Hall–Kier alpha value is -2.35. The lowest BCUT2D eigenvalue weighted by atomic mass is 9.91. The summed E-state index contributed by atoms with van der Waals surface area (Å²) in [6.45, 7) is 0. The van der Waals surface area contributed by atoms with Crippen LogP contribution in [0.5, 0.6) is 0 Å². The standard InChI is InChI=1S/C14H12F3N3O2/c15-14(16,17)8-4-2-1-3-7(8)11-12-9(18-6-19-12)5-10(20-11)13(21)22/h1-4,6,10-11,20H,5H2,(H,18,19)(H,21,22)/t10-,11+/m1/s1. The van der Waals surface area contributed by atoms with Crippen molar-refractivity contribution < 1.29 is 23.1 Å². The number of alkyl halides is 3. The molecule has 1 aliphatic rings. The van der Waals surface area contributed by atoms with E-state index in [9.17, 15) is 23.1 Å². The molecule has 2 atom stereocenters. The summed E-state index contributed by atoms with van der Waals surface area (Å²) in [5.74, 6) is -1.12. The fraction of sp³-hybridized carbons (Fsp3) is 0.286. The first-order valence-electron chi connectivity index (χ1n) is 6.55. The van der Waals surface area contributed by atoms with E-state index in [4.69, 9.17) is 0 Å². The fourth-order valence-electron chi connectivity index (χ4n) is 2.69. The highest BCUT2D eigenvalue weighted by atomic mass is 19.4. The summed E-state index contributed by atoms with van der Waals surface area (Å²) in [5.41, 5.74) is 0.101. The molecular formula is C14H12F3N3O2. The number of carboxylic acids is 1. The Balaban J connectivity index is 2.11. The number of imidazole rings is 1. The molecule has 3 rings (SSSR count). The zero-order valence-electron chi connectivity index (χ0n) is 11.2. The molecule has 0 saturated carbocycles. The molecule has 1 aromatic carbocycles. The molecular weight excluding hydrogens is 299 g/mol. The summed E-state index contributed by atoms with van der Waals surface area (Å²) in [6, 6.07) is 3.21. The van der Waals surface area contributed by atoms with E-state index in [1.54, 1.807) is 0 Å². The highest BCUT2D eigenvalue weighted by Crippen LogP contribution is 2.38. The average Bonchev–Trinajstić information content (AvgIpc) is 2.93. The van der Waals surface area contributed by atoms with Gasteiger partial charge in [-0.25, -0.2) is 4.98 Å². The van der Waals surface area contributed by atoms with Crippen molar-refractivity contribution in [3.05, 3.63) is 53.1 Å². The number of carbonyl (C=O) groups is 1. The van der Waals surface area contributed by atoms with Gasteiger partial charge in [-0.05, 0) is 11.6 Å². The van der Waals surface area contributed by atoms with Crippen LogP contribution in [0.3, 0.4) is 0 Å². The summed E-state index contributed by atoms with van der Waals surface area (Å²) in [4.78, 5) is 18.1. The summed E-state index contributed by atoms with van der Waals surface area (Å²) in [7, 11) is 0. The number of aromatic nitrogens is 2. The molecule has 22 heavy (non-hydrogen) atoms. The minimum atomic E-state index is -4.52.